The number of hydrogen-bond acceptors (Lipinski definition) is 3. The lowest BCUT2D eigenvalue weighted by molar-refractivity contribution is 0.145. The van der Waals surface area contributed by atoms with E-state index in [1.54, 1.807) is 0 Å². The fraction of sp³-hybridized carbons (Fsp3) is 0.600. The number of likely N-dealkylation sites (N-methyl/N-ethyl adjacent to an activating group) is 1. The number of nitrogens with zero attached hydrogens (tertiary/aromatic N) is 2. The molecular formula is C15H23N3. The van der Waals surface area contributed by atoms with E-state index in [-0.39, 0.29) is 0 Å². The molecule has 3 nitrogen and oxygen atoms in total. The standard InChI is InChI=1S/C15H23N3/c1-17-8-10-18(11-9-17)12-13-6-7-16-15-5-3-2-4-14(13)15/h2-5,13,16H,6-12H2,1H3. The monoisotopic (exact) mass is 245 g/mol. The second-order valence-electron chi connectivity index (χ2n) is 5.60. The molecule has 2 aliphatic heterocycles. The van der Waals surface area contributed by atoms with E-state index >= 15 is 0 Å². The van der Waals surface area contributed by atoms with Gasteiger partial charge in [-0.2, -0.15) is 0 Å². The zero-order valence-corrected chi connectivity index (χ0v) is 11.2. The van der Waals surface area contributed by atoms with Gasteiger partial charge in [-0.25, -0.2) is 0 Å². The van der Waals surface area contributed by atoms with Gasteiger partial charge in [-0.3, -0.25) is 0 Å². The summed E-state index contributed by atoms with van der Waals surface area (Å²) in [6, 6.07) is 8.81. The second-order valence-corrected chi connectivity index (χ2v) is 5.60. The van der Waals surface area contributed by atoms with E-state index in [0.29, 0.717) is 5.92 Å². The third-order valence-electron chi connectivity index (χ3n) is 4.28. The van der Waals surface area contributed by atoms with Crippen molar-refractivity contribution in [1.29, 1.82) is 0 Å². The number of fused-ring (bicyclic) bond motifs is 1. The highest BCUT2D eigenvalue weighted by Crippen LogP contribution is 2.31. The summed E-state index contributed by atoms with van der Waals surface area (Å²) < 4.78 is 0. The number of para-hydroxylation sites is 1. The smallest absolute Gasteiger partial charge is 0.0376 e. The number of rotatable bonds is 2. The first kappa shape index (κ1) is 12.0. The number of hydrogen-bond donors (Lipinski definition) is 1. The van der Waals surface area contributed by atoms with Crippen LogP contribution in [0.25, 0.3) is 0 Å². The first-order valence-corrected chi connectivity index (χ1v) is 7.06. The Labute approximate surface area is 110 Å². The van der Waals surface area contributed by atoms with Gasteiger partial charge in [-0.15, -0.1) is 0 Å². The van der Waals surface area contributed by atoms with E-state index in [2.05, 4.69) is 46.4 Å². The average molecular weight is 245 g/mol. The molecule has 1 N–H and O–H groups in total. The molecule has 0 amide bonds. The maximum atomic E-state index is 3.51. The lowest BCUT2D eigenvalue weighted by Crippen LogP contribution is -2.46. The summed E-state index contributed by atoms with van der Waals surface area (Å²) in [4.78, 5) is 5.06. The molecule has 1 saturated heterocycles. The van der Waals surface area contributed by atoms with Gasteiger partial charge in [0.15, 0.2) is 0 Å². The van der Waals surface area contributed by atoms with Crippen molar-refractivity contribution in [2.24, 2.45) is 0 Å². The van der Waals surface area contributed by atoms with Crippen LogP contribution in [0.1, 0.15) is 17.9 Å². The van der Waals surface area contributed by atoms with Gasteiger partial charge in [0.25, 0.3) is 0 Å². The molecule has 0 saturated carbocycles. The van der Waals surface area contributed by atoms with Crippen molar-refractivity contribution in [2.75, 3.05) is 51.6 Å². The van der Waals surface area contributed by atoms with Crippen LogP contribution in [-0.2, 0) is 0 Å². The molecule has 2 aliphatic rings. The van der Waals surface area contributed by atoms with Crippen LogP contribution in [0.3, 0.4) is 0 Å². The van der Waals surface area contributed by atoms with Gasteiger partial charge in [-0.1, -0.05) is 18.2 Å². The van der Waals surface area contributed by atoms with E-state index in [1.807, 2.05) is 0 Å². The van der Waals surface area contributed by atoms with Crippen LogP contribution in [0, 0.1) is 0 Å². The van der Waals surface area contributed by atoms with E-state index in [1.165, 1.54) is 50.4 Å². The highest BCUT2D eigenvalue weighted by atomic mass is 15.2. The fourth-order valence-electron chi connectivity index (χ4n) is 3.08. The van der Waals surface area contributed by atoms with Crippen molar-refractivity contribution < 1.29 is 0 Å². The molecule has 1 aromatic rings. The summed E-state index contributed by atoms with van der Waals surface area (Å²) in [7, 11) is 2.22. The molecule has 0 radical (unpaired) electrons. The Kier molecular flexibility index (Phi) is 3.52. The molecule has 1 unspecified atom stereocenters. The number of benzene rings is 1. The van der Waals surface area contributed by atoms with Gasteiger partial charge in [0.1, 0.15) is 0 Å². The Bertz CT molecular complexity index is 396. The van der Waals surface area contributed by atoms with Crippen molar-refractivity contribution >= 4 is 5.69 Å². The van der Waals surface area contributed by atoms with Crippen molar-refractivity contribution in [2.45, 2.75) is 12.3 Å². The van der Waals surface area contributed by atoms with Crippen LogP contribution in [0.15, 0.2) is 24.3 Å². The van der Waals surface area contributed by atoms with Crippen LogP contribution in [0.4, 0.5) is 5.69 Å². The predicted molar refractivity (Wildman–Crippen MR) is 76.2 cm³/mol. The fourth-order valence-corrected chi connectivity index (χ4v) is 3.08. The lowest BCUT2D eigenvalue weighted by Gasteiger charge is -2.36. The first-order chi connectivity index (χ1) is 8.83. The molecule has 3 heteroatoms. The molecule has 1 aromatic carbocycles. The van der Waals surface area contributed by atoms with Gasteiger partial charge in [0, 0.05) is 50.9 Å². The molecular weight excluding hydrogens is 222 g/mol. The van der Waals surface area contributed by atoms with Crippen molar-refractivity contribution in [1.82, 2.24) is 9.80 Å². The quantitative estimate of drug-likeness (QED) is 0.857. The normalized spacial score (nSPS) is 25.5. The summed E-state index contributed by atoms with van der Waals surface area (Å²) in [5.74, 6) is 0.714. The highest BCUT2D eigenvalue weighted by molar-refractivity contribution is 5.54. The summed E-state index contributed by atoms with van der Waals surface area (Å²) in [6.07, 6.45) is 1.27. The van der Waals surface area contributed by atoms with Crippen LogP contribution in [-0.4, -0.2) is 56.1 Å². The molecule has 0 aromatic heterocycles. The number of nitrogens with one attached hydrogen (secondary N) is 1. The minimum Gasteiger partial charge on any atom is -0.385 e. The zero-order chi connectivity index (χ0) is 12.4. The number of piperazine rings is 1. The van der Waals surface area contributed by atoms with Crippen LogP contribution in [0.2, 0.25) is 0 Å². The zero-order valence-electron chi connectivity index (χ0n) is 11.2. The van der Waals surface area contributed by atoms with Gasteiger partial charge in [0.05, 0.1) is 0 Å². The highest BCUT2D eigenvalue weighted by Gasteiger charge is 2.23. The molecule has 0 aliphatic carbocycles. The predicted octanol–water partition coefficient (Wildman–Crippen LogP) is 1.83. The maximum Gasteiger partial charge on any atom is 0.0376 e. The Morgan fingerprint density at radius 2 is 1.94 bits per heavy atom. The van der Waals surface area contributed by atoms with Crippen LogP contribution >= 0.6 is 0 Å². The summed E-state index contributed by atoms with van der Waals surface area (Å²) in [6.45, 7) is 7.23. The second kappa shape index (κ2) is 5.29. The van der Waals surface area contributed by atoms with E-state index < -0.39 is 0 Å². The SMILES string of the molecule is CN1CCN(CC2CCNc3ccccc32)CC1. The third kappa shape index (κ3) is 2.52. The Balaban J connectivity index is 1.67. The molecule has 1 fully saturated rings. The molecule has 1 atom stereocenters. The van der Waals surface area contributed by atoms with Crippen LogP contribution in [0.5, 0.6) is 0 Å². The van der Waals surface area contributed by atoms with Crippen LogP contribution < -0.4 is 5.32 Å². The molecule has 3 rings (SSSR count). The van der Waals surface area contributed by atoms with Crippen molar-refractivity contribution in [3.63, 3.8) is 0 Å². The summed E-state index contributed by atoms with van der Waals surface area (Å²) >= 11 is 0. The summed E-state index contributed by atoms with van der Waals surface area (Å²) in [5, 5.41) is 3.51. The number of anilines is 1. The van der Waals surface area contributed by atoms with Crippen molar-refractivity contribution in [3.8, 4) is 0 Å². The van der Waals surface area contributed by atoms with Gasteiger partial charge in [0.2, 0.25) is 0 Å². The van der Waals surface area contributed by atoms with Crippen molar-refractivity contribution in [3.05, 3.63) is 29.8 Å². The average Bonchev–Trinajstić information content (AvgIpc) is 2.42. The third-order valence-corrected chi connectivity index (χ3v) is 4.28. The topological polar surface area (TPSA) is 18.5 Å². The minimum absolute atomic E-state index is 0.714. The molecule has 2 heterocycles. The lowest BCUT2D eigenvalue weighted by atomic mass is 9.90. The van der Waals surface area contributed by atoms with Gasteiger partial charge in [-0.05, 0) is 25.1 Å². The van der Waals surface area contributed by atoms with E-state index in [0.717, 1.165) is 6.54 Å². The van der Waals surface area contributed by atoms with Gasteiger partial charge < -0.3 is 15.1 Å². The minimum atomic E-state index is 0.714. The summed E-state index contributed by atoms with van der Waals surface area (Å²) in [5.41, 5.74) is 2.87. The molecule has 0 bridgehead atoms. The Morgan fingerprint density at radius 1 is 1.17 bits per heavy atom. The van der Waals surface area contributed by atoms with E-state index in [4.69, 9.17) is 0 Å². The molecule has 18 heavy (non-hydrogen) atoms. The first-order valence-electron chi connectivity index (χ1n) is 7.06. The Morgan fingerprint density at radius 3 is 2.78 bits per heavy atom. The molecule has 0 spiro atoms. The van der Waals surface area contributed by atoms with E-state index in [9.17, 15) is 0 Å². The largest absolute Gasteiger partial charge is 0.385 e. The maximum absolute atomic E-state index is 3.51. The Hall–Kier alpha value is -1.06. The molecule has 98 valence electrons. The van der Waals surface area contributed by atoms with Gasteiger partial charge >= 0.3 is 0 Å².